The normalized spacial score (nSPS) is 12.0. The van der Waals surface area contributed by atoms with Gasteiger partial charge < -0.3 is 5.11 Å². The van der Waals surface area contributed by atoms with Crippen LogP contribution in [-0.4, -0.2) is 10.0 Å². The highest BCUT2D eigenvalue weighted by Crippen LogP contribution is 2.09. The molecule has 0 fully saturated rings. The fraction of sp³-hybridized carbons (Fsp3) is 0. The summed E-state index contributed by atoms with van der Waals surface area (Å²) in [6, 6.07) is 8.45. The lowest BCUT2D eigenvalue weighted by Gasteiger charge is -1.94. The molecule has 0 atom stereocenters. The van der Waals surface area contributed by atoms with Crippen molar-refractivity contribution in [3.05, 3.63) is 52.2 Å². The first-order valence-corrected chi connectivity index (χ1v) is 3.28. The van der Waals surface area contributed by atoms with Crippen molar-refractivity contribution >= 4 is 5.76 Å². The number of hydrogen-bond acceptors (Lipinski definition) is 3. The second kappa shape index (κ2) is 3.52. The Hall–Kier alpha value is -1.84. The summed E-state index contributed by atoms with van der Waals surface area (Å²) in [6.07, 6.45) is 0.655. The minimum Gasteiger partial charge on any atom is -0.502 e. The molecule has 0 heterocycles. The molecule has 0 saturated carbocycles. The van der Waals surface area contributed by atoms with Gasteiger partial charge in [0.25, 0.3) is 7.63 Å². The molecular weight excluding hydrogens is 158 g/mol. The molecule has 1 rings (SSSR count). The van der Waals surface area contributed by atoms with Gasteiger partial charge in [0.05, 0.1) is 4.92 Å². The van der Waals surface area contributed by atoms with E-state index in [9.17, 15) is 10.1 Å². The molecule has 0 amide bonds. The second-order valence-electron chi connectivity index (χ2n) is 2.14. The molecule has 0 aliphatic carbocycles. The summed E-state index contributed by atoms with van der Waals surface area (Å²) in [4.78, 5) is 9.45. The van der Waals surface area contributed by atoms with E-state index in [-0.39, 0.29) is 5.76 Å². The Balaban J connectivity index is 2.98. The lowest BCUT2D eigenvalue weighted by molar-refractivity contribution is -0.402. The Morgan fingerprint density at radius 3 is 2.75 bits per heavy atom. The van der Waals surface area contributed by atoms with Crippen LogP contribution in [0.25, 0.3) is 7.19 Å². The van der Waals surface area contributed by atoms with Crippen LogP contribution < -0.4 is 0 Å². The molecule has 0 aliphatic heterocycles. The Labute approximate surface area is 70.4 Å². The van der Waals surface area contributed by atoms with Gasteiger partial charge in [-0.15, -0.1) is 0 Å². The molecule has 0 saturated heterocycles. The van der Waals surface area contributed by atoms with E-state index in [0.29, 0.717) is 11.8 Å². The number of hydrogen-bond donors (Lipinski definition) is 1. The Morgan fingerprint density at radius 2 is 2.25 bits per heavy atom. The van der Waals surface area contributed by atoms with Gasteiger partial charge in [-0.1, -0.05) is 30.3 Å². The average molecular weight is 167 g/mol. The lowest BCUT2D eigenvalue weighted by Crippen LogP contribution is -1.89. The summed E-state index contributed by atoms with van der Waals surface area (Å²) in [7, 11) is 0. The molecule has 4 nitrogen and oxygen atoms in total. The summed E-state index contributed by atoms with van der Waals surface area (Å²) in [5.41, 5.74) is 0.509. The molecule has 0 radical (unpaired) electrons. The molecule has 4 heteroatoms. The fourth-order valence-corrected chi connectivity index (χ4v) is 0.773. The van der Waals surface area contributed by atoms with Crippen LogP contribution in [0.15, 0.2) is 36.5 Å². The summed E-state index contributed by atoms with van der Waals surface area (Å²) in [6.45, 7) is 0. The summed E-state index contributed by atoms with van der Waals surface area (Å²) in [5, 5.41) is 14.2. The van der Waals surface area contributed by atoms with Crippen LogP contribution in [0.5, 0.6) is 0 Å². The van der Waals surface area contributed by atoms with E-state index < -0.39 is 4.92 Å². The molecule has 0 aliphatic rings. The van der Waals surface area contributed by atoms with Crippen molar-refractivity contribution in [2.45, 2.75) is 0 Å². The number of aliphatic hydroxyl groups is 1. The first-order chi connectivity index (χ1) is 6.24. The van der Waals surface area contributed by atoms with Crippen molar-refractivity contribution in [1.29, 1.82) is 1.43 Å². The molecule has 12 heavy (non-hydrogen) atoms. The van der Waals surface area contributed by atoms with Gasteiger partial charge in [0, 0.05) is 5.56 Å². The Morgan fingerprint density at radius 1 is 1.58 bits per heavy atom. The topological polar surface area (TPSA) is 63.4 Å². The van der Waals surface area contributed by atoms with Gasteiger partial charge in [-0.05, 0) is 0 Å². The highest BCUT2D eigenvalue weighted by atomic mass is 16.6. The van der Waals surface area contributed by atoms with Gasteiger partial charge in [0.1, 0.15) is 0 Å². The van der Waals surface area contributed by atoms with Crippen LogP contribution in [0.4, 0.5) is 0 Å². The standard InChI is InChI=1S/C8H7NO3/c10-8(6-9(11)12)7-4-2-1-3-5-7/h1-6,10H/b8-6+/i/hT. The zero-order valence-electron chi connectivity index (χ0n) is 7.14. The van der Waals surface area contributed by atoms with Gasteiger partial charge >= 0.3 is 0 Å². The van der Waals surface area contributed by atoms with Gasteiger partial charge in [0.15, 0.2) is 5.76 Å². The van der Waals surface area contributed by atoms with E-state index in [1.54, 1.807) is 30.3 Å². The number of nitrogens with zero attached hydrogens (tertiary/aromatic N) is 1. The molecule has 0 unspecified atom stereocenters. The van der Waals surface area contributed by atoms with Crippen LogP contribution in [0.2, 0.25) is 0 Å². The number of benzene rings is 1. The van der Waals surface area contributed by atoms with Crippen LogP contribution in [-0.2, 0) is 0 Å². The quantitative estimate of drug-likeness (QED) is 0.424. The molecule has 1 N–H and O–H groups in total. The van der Waals surface area contributed by atoms with Crippen molar-refractivity contribution in [2.24, 2.45) is 0 Å². The Bertz CT molecular complexity index is 323. The molecule has 1 aromatic carbocycles. The van der Waals surface area contributed by atoms with Crippen molar-refractivity contribution in [1.82, 2.24) is 0 Å². The zero-order valence-corrected chi connectivity index (χ0v) is 6.14. The summed E-state index contributed by atoms with van der Waals surface area (Å²) >= 11 is 0. The Kier molecular flexibility index (Phi) is 2.01. The van der Waals surface area contributed by atoms with Gasteiger partial charge in [-0.3, -0.25) is 10.1 Å². The maximum Gasteiger partial charge on any atom is 0.293 e. The molecule has 0 aromatic heterocycles. The number of rotatable bonds is 3. The number of nitro groups is 1. The van der Waals surface area contributed by atoms with Gasteiger partial charge in [0.2, 0.25) is 0 Å². The molecule has 0 bridgehead atoms. The minimum atomic E-state index is -0.656. The fourth-order valence-electron chi connectivity index (χ4n) is 0.773. The smallest absolute Gasteiger partial charge is 0.293 e. The minimum absolute atomic E-state index is 0.0781. The predicted molar refractivity (Wildman–Crippen MR) is 44.0 cm³/mol. The first-order valence-electron chi connectivity index (χ1n) is 3.69. The van der Waals surface area contributed by atoms with E-state index in [1.807, 2.05) is 0 Å². The third-order valence-electron chi connectivity index (χ3n) is 1.28. The van der Waals surface area contributed by atoms with E-state index in [1.165, 1.54) is 0 Å². The van der Waals surface area contributed by atoms with Crippen LogP contribution in [0, 0.1) is 10.1 Å². The van der Waals surface area contributed by atoms with Gasteiger partial charge in [-0.25, -0.2) is 0 Å². The summed E-state index contributed by atoms with van der Waals surface area (Å²) in [5.74, 6) is -0.0781. The van der Waals surface area contributed by atoms with E-state index in [0.717, 1.165) is 0 Å². The monoisotopic (exact) mass is 167 g/mol. The predicted octanol–water partition coefficient (Wildman–Crippen LogP) is 1.82. The SMILES string of the molecule is [3H]O/C(=C/[N+](=O)[O-])c1ccccc1. The lowest BCUT2D eigenvalue weighted by atomic mass is 10.2. The largest absolute Gasteiger partial charge is 0.502 e. The van der Waals surface area contributed by atoms with E-state index in [2.05, 4.69) is 5.11 Å². The average Bonchev–Trinajstić information content (AvgIpc) is 2.15. The van der Waals surface area contributed by atoms with Crippen molar-refractivity contribution in [3.63, 3.8) is 0 Å². The first kappa shape index (κ1) is 6.84. The van der Waals surface area contributed by atoms with E-state index in [4.69, 9.17) is 1.43 Å². The highest BCUT2D eigenvalue weighted by molar-refractivity contribution is 5.56. The van der Waals surface area contributed by atoms with Crippen LogP contribution in [0.1, 0.15) is 5.56 Å². The highest BCUT2D eigenvalue weighted by Gasteiger charge is 2.01. The second-order valence-corrected chi connectivity index (χ2v) is 2.14. The zero-order chi connectivity index (χ0) is 9.68. The summed E-state index contributed by atoms with van der Waals surface area (Å²) < 4.78 is 6.62. The molecule has 62 valence electrons. The molecule has 1 aromatic rings. The van der Waals surface area contributed by atoms with Gasteiger partial charge in [-0.2, -0.15) is 0 Å². The van der Waals surface area contributed by atoms with Crippen molar-refractivity contribution in [3.8, 4) is 0 Å². The van der Waals surface area contributed by atoms with Crippen LogP contribution in [0.3, 0.4) is 0 Å². The third kappa shape index (κ3) is 2.09. The van der Waals surface area contributed by atoms with E-state index >= 15 is 0 Å². The molecule has 0 spiro atoms. The van der Waals surface area contributed by atoms with Crippen molar-refractivity contribution < 1.29 is 10.0 Å². The maximum atomic E-state index is 10.1. The third-order valence-corrected chi connectivity index (χ3v) is 1.28. The molecular formula is C8H7NO3. The number of aliphatic hydroxyl groups excluding tert-OH is 1. The maximum absolute atomic E-state index is 10.1. The van der Waals surface area contributed by atoms with Crippen LogP contribution >= 0.6 is 0 Å². The van der Waals surface area contributed by atoms with Crippen molar-refractivity contribution in [2.75, 3.05) is 0 Å².